The average Bonchev–Trinajstić information content (AvgIpc) is 2.94. The van der Waals surface area contributed by atoms with E-state index in [0.717, 1.165) is 37.3 Å². The SMILES string of the molecule is O=c1c(-c2ccccc2)cc(-c2ccc(Cl)cc2)nn1CC#CCN1CCN(c2ccccc2)CC1. The zero-order chi connectivity index (χ0) is 24.7. The molecule has 2 heterocycles. The van der Waals surface area contributed by atoms with Crippen LogP contribution in [0.1, 0.15) is 0 Å². The first-order valence-corrected chi connectivity index (χ1v) is 12.5. The van der Waals surface area contributed by atoms with E-state index in [9.17, 15) is 4.79 Å². The molecule has 0 bridgehead atoms. The number of nitrogens with zero attached hydrogens (tertiary/aromatic N) is 4. The van der Waals surface area contributed by atoms with E-state index in [2.05, 4.69) is 51.0 Å². The molecule has 0 amide bonds. The van der Waals surface area contributed by atoms with Crippen LogP contribution < -0.4 is 10.5 Å². The molecule has 1 saturated heterocycles. The maximum atomic E-state index is 13.3. The maximum absolute atomic E-state index is 13.3. The molecule has 1 aromatic heterocycles. The van der Waals surface area contributed by atoms with Gasteiger partial charge in [-0.2, -0.15) is 5.10 Å². The van der Waals surface area contributed by atoms with Gasteiger partial charge in [0.2, 0.25) is 0 Å². The van der Waals surface area contributed by atoms with E-state index < -0.39 is 0 Å². The van der Waals surface area contributed by atoms with E-state index in [1.807, 2.05) is 66.7 Å². The highest BCUT2D eigenvalue weighted by atomic mass is 35.5. The van der Waals surface area contributed by atoms with Crippen LogP contribution in [0.25, 0.3) is 22.4 Å². The van der Waals surface area contributed by atoms with Crippen LogP contribution in [0.15, 0.2) is 95.8 Å². The molecule has 1 fully saturated rings. The van der Waals surface area contributed by atoms with Gasteiger partial charge in [0, 0.05) is 42.5 Å². The quantitative estimate of drug-likeness (QED) is 0.364. The second kappa shape index (κ2) is 11.3. The van der Waals surface area contributed by atoms with Gasteiger partial charge in [0.1, 0.15) is 6.54 Å². The summed E-state index contributed by atoms with van der Waals surface area (Å²) in [5.41, 5.74) is 4.19. The summed E-state index contributed by atoms with van der Waals surface area (Å²) in [7, 11) is 0. The standard InChI is InChI=1S/C30H27ClN4O/c31-26-15-13-25(14-16-26)29-23-28(24-9-3-1-4-10-24)30(36)35(32-29)18-8-7-17-33-19-21-34(22-20-33)27-11-5-2-6-12-27/h1-6,9-16,23H,17-22H2. The number of para-hydroxylation sites is 1. The van der Waals surface area contributed by atoms with Crippen molar-refractivity contribution < 1.29 is 0 Å². The first-order valence-electron chi connectivity index (χ1n) is 12.1. The lowest BCUT2D eigenvalue weighted by Gasteiger charge is -2.35. The summed E-state index contributed by atoms with van der Waals surface area (Å²) in [6.45, 7) is 4.81. The van der Waals surface area contributed by atoms with Crippen molar-refractivity contribution in [1.82, 2.24) is 14.7 Å². The van der Waals surface area contributed by atoms with Gasteiger partial charge in [-0.15, -0.1) is 0 Å². The van der Waals surface area contributed by atoms with Gasteiger partial charge < -0.3 is 4.90 Å². The first kappa shape index (κ1) is 23.9. The summed E-state index contributed by atoms with van der Waals surface area (Å²) in [6.07, 6.45) is 0. The Morgan fingerprint density at radius 3 is 2.08 bits per heavy atom. The van der Waals surface area contributed by atoms with Crippen molar-refractivity contribution in [2.45, 2.75) is 6.54 Å². The molecule has 180 valence electrons. The molecule has 0 spiro atoms. The van der Waals surface area contributed by atoms with Gasteiger partial charge in [-0.1, -0.05) is 84.1 Å². The fourth-order valence-corrected chi connectivity index (χ4v) is 4.46. The molecule has 4 aromatic rings. The van der Waals surface area contributed by atoms with Crippen molar-refractivity contribution in [1.29, 1.82) is 0 Å². The number of benzene rings is 3. The van der Waals surface area contributed by atoms with Gasteiger partial charge in [0.15, 0.2) is 0 Å². The number of anilines is 1. The van der Waals surface area contributed by atoms with Gasteiger partial charge >= 0.3 is 0 Å². The van der Waals surface area contributed by atoms with Crippen molar-refractivity contribution >= 4 is 17.3 Å². The van der Waals surface area contributed by atoms with E-state index in [1.165, 1.54) is 10.4 Å². The maximum Gasteiger partial charge on any atom is 0.275 e. The highest BCUT2D eigenvalue weighted by Gasteiger charge is 2.16. The summed E-state index contributed by atoms with van der Waals surface area (Å²) in [5.74, 6) is 6.42. The summed E-state index contributed by atoms with van der Waals surface area (Å²) in [4.78, 5) is 18.0. The van der Waals surface area contributed by atoms with Gasteiger partial charge in [-0.3, -0.25) is 9.69 Å². The van der Waals surface area contributed by atoms with Crippen molar-refractivity contribution in [3.63, 3.8) is 0 Å². The minimum Gasteiger partial charge on any atom is -0.369 e. The zero-order valence-electron chi connectivity index (χ0n) is 20.0. The van der Waals surface area contributed by atoms with Crippen LogP contribution in [0, 0.1) is 11.8 Å². The second-order valence-electron chi connectivity index (χ2n) is 8.73. The predicted molar refractivity (Wildman–Crippen MR) is 147 cm³/mol. The molecule has 5 nitrogen and oxygen atoms in total. The number of halogens is 1. The molecule has 1 aliphatic heterocycles. The van der Waals surface area contributed by atoms with Gasteiger partial charge in [-0.05, 0) is 35.9 Å². The number of rotatable bonds is 5. The number of hydrogen-bond acceptors (Lipinski definition) is 4. The fraction of sp³-hybridized carbons (Fsp3) is 0.200. The number of aromatic nitrogens is 2. The zero-order valence-corrected chi connectivity index (χ0v) is 20.7. The number of hydrogen-bond donors (Lipinski definition) is 0. The van der Waals surface area contributed by atoms with Crippen LogP contribution in [0.2, 0.25) is 5.02 Å². The molecule has 6 heteroatoms. The van der Waals surface area contributed by atoms with Crippen LogP contribution >= 0.6 is 11.6 Å². The Bertz CT molecular complexity index is 1420. The largest absolute Gasteiger partial charge is 0.369 e. The molecule has 0 radical (unpaired) electrons. The predicted octanol–water partition coefficient (Wildman–Crippen LogP) is 5.06. The monoisotopic (exact) mass is 494 g/mol. The third kappa shape index (κ3) is 5.68. The molecular formula is C30H27ClN4O. The molecule has 0 aliphatic carbocycles. The summed E-state index contributed by atoms with van der Waals surface area (Å²) < 4.78 is 1.46. The van der Waals surface area contributed by atoms with Gasteiger partial charge in [0.25, 0.3) is 5.56 Å². The molecule has 36 heavy (non-hydrogen) atoms. The van der Waals surface area contributed by atoms with Crippen molar-refractivity contribution in [3.05, 3.63) is 106 Å². The lowest BCUT2D eigenvalue weighted by molar-refractivity contribution is 0.288. The Balaban J connectivity index is 1.31. The third-order valence-electron chi connectivity index (χ3n) is 6.35. The normalized spacial score (nSPS) is 13.8. The molecule has 5 rings (SSSR count). The van der Waals surface area contributed by atoms with Crippen LogP contribution in [0.3, 0.4) is 0 Å². The Morgan fingerprint density at radius 1 is 0.750 bits per heavy atom. The van der Waals surface area contributed by atoms with Crippen molar-refractivity contribution in [2.75, 3.05) is 37.6 Å². The van der Waals surface area contributed by atoms with E-state index in [0.29, 0.717) is 22.8 Å². The first-order chi connectivity index (χ1) is 17.7. The summed E-state index contributed by atoms with van der Waals surface area (Å²) in [5, 5.41) is 5.28. The van der Waals surface area contributed by atoms with Crippen molar-refractivity contribution in [3.8, 4) is 34.2 Å². The molecule has 3 aromatic carbocycles. The van der Waals surface area contributed by atoms with E-state index in [-0.39, 0.29) is 12.1 Å². The Morgan fingerprint density at radius 2 is 1.39 bits per heavy atom. The van der Waals surface area contributed by atoms with Crippen LogP contribution in [0.4, 0.5) is 5.69 Å². The highest BCUT2D eigenvalue weighted by Crippen LogP contribution is 2.23. The summed E-state index contributed by atoms with van der Waals surface area (Å²) >= 11 is 6.07. The second-order valence-corrected chi connectivity index (χ2v) is 9.17. The smallest absolute Gasteiger partial charge is 0.275 e. The fourth-order valence-electron chi connectivity index (χ4n) is 4.34. The van der Waals surface area contributed by atoms with E-state index >= 15 is 0 Å². The molecule has 0 atom stereocenters. The molecular weight excluding hydrogens is 468 g/mol. The molecule has 0 saturated carbocycles. The van der Waals surface area contributed by atoms with E-state index in [4.69, 9.17) is 11.6 Å². The Labute approximate surface area is 216 Å². The lowest BCUT2D eigenvalue weighted by Crippen LogP contribution is -2.46. The van der Waals surface area contributed by atoms with Gasteiger partial charge in [0.05, 0.1) is 17.8 Å². The molecule has 0 N–H and O–H groups in total. The summed E-state index contributed by atoms with van der Waals surface area (Å²) in [6, 6.07) is 29.5. The third-order valence-corrected chi connectivity index (χ3v) is 6.60. The Hall–Kier alpha value is -3.85. The van der Waals surface area contributed by atoms with E-state index in [1.54, 1.807) is 0 Å². The van der Waals surface area contributed by atoms with Crippen LogP contribution in [-0.2, 0) is 6.54 Å². The number of piperazine rings is 1. The Kier molecular flexibility index (Phi) is 7.47. The minimum atomic E-state index is -0.148. The highest BCUT2D eigenvalue weighted by molar-refractivity contribution is 6.30. The van der Waals surface area contributed by atoms with Crippen molar-refractivity contribution in [2.24, 2.45) is 0 Å². The topological polar surface area (TPSA) is 41.4 Å². The average molecular weight is 495 g/mol. The van der Waals surface area contributed by atoms with Crippen LogP contribution in [0.5, 0.6) is 0 Å². The molecule has 0 unspecified atom stereocenters. The molecule has 1 aliphatic rings. The lowest BCUT2D eigenvalue weighted by atomic mass is 10.0. The van der Waals surface area contributed by atoms with Gasteiger partial charge in [-0.25, -0.2) is 4.68 Å². The van der Waals surface area contributed by atoms with Crippen LogP contribution in [-0.4, -0.2) is 47.4 Å². The minimum absolute atomic E-state index is 0.148.